The number of benzene rings is 2. The molecule has 11 heteroatoms. The van der Waals surface area contributed by atoms with E-state index in [9.17, 15) is 19.7 Å². The summed E-state index contributed by atoms with van der Waals surface area (Å²) < 4.78 is 16.1. The Morgan fingerprint density at radius 2 is 1.77 bits per heavy atom. The normalized spacial score (nSPS) is 10.2. The molecule has 0 saturated heterocycles. The Kier molecular flexibility index (Phi) is 7.59. The van der Waals surface area contributed by atoms with Crippen LogP contribution >= 0.6 is 15.9 Å². The predicted octanol–water partition coefficient (Wildman–Crippen LogP) is 3.09. The first-order chi connectivity index (χ1) is 14.2. The lowest BCUT2D eigenvalue weighted by atomic mass is 10.1. The van der Waals surface area contributed by atoms with Crippen molar-refractivity contribution in [3.8, 4) is 17.2 Å². The number of nitrogens with one attached hydrogen (secondary N) is 1. The fourth-order valence-corrected chi connectivity index (χ4v) is 3.11. The van der Waals surface area contributed by atoms with Crippen LogP contribution in [-0.2, 0) is 4.79 Å². The Morgan fingerprint density at radius 1 is 1.13 bits per heavy atom. The molecule has 10 nitrogen and oxygen atoms in total. The molecule has 2 rings (SSSR count). The topological polar surface area (TPSA) is 120 Å². The largest absolute Gasteiger partial charge is 0.493 e. The Hall–Kier alpha value is -3.34. The zero-order valence-electron chi connectivity index (χ0n) is 16.7. The second-order valence-corrected chi connectivity index (χ2v) is 6.84. The number of nitro benzene ring substituents is 1. The van der Waals surface area contributed by atoms with Gasteiger partial charge in [0.15, 0.2) is 5.75 Å². The highest BCUT2D eigenvalue weighted by molar-refractivity contribution is 9.10. The van der Waals surface area contributed by atoms with E-state index in [4.69, 9.17) is 14.2 Å². The summed E-state index contributed by atoms with van der Waals surface area (Å²) in [7, 11) is 5.19. The summed E-state index contributed by atoms with van der Waals surface area (Å²) in [6.07, 6.45) is 0. The van der Waals surface area contributed by atoms with Gasteiger partial charge in [-0.1, -0.05) is 12.1 Å². The first-order valence-corrected chi connectivity index (χ1v) is 9.31. The fraction of sp³-hybridized carbons (Fsp3) is 0.263. The molecular weight excluding hydrogens is 462 g/mol. The molecule has 0 atom stereocenters. The molecule has 0 saturated carbocycles. The zero-order valence-corrected chi connectivity index (χ0v) is 18.3. The van der Waals surface area contributed by atoms with Crippen molar-refractivity contribution in [2.24, 2.45) is 0 Å². The van der Waals surface area contributed by atoms with Crippen LogP contribution in [0.5, 0.6) is 17.2 Å². The lowest BCUT2D eigenvalue weighted by Crippen LogP contribution is -2.35. The van der Waals surface area contributed by atoms with Gasteiger partial charge in [0.2, 0.25) is 17.4 Å². The minimum absolute atomic E-state index is 0.0161. The van der Waals surface area contributed by atoms with E-state index >= 15 is 0 Å². The molecule has 0 fully saturated rings. The van der Waals surface area contributed by atoms with Crippen LogP contribution in [-0.4, -0.2) is 56.6 Å². The van der Waals surface area contributed by atoms with Crippen molar-refractivity contribution >= 4 is 39.1 Å². The molecule has 0 aromatic heterocycles. The molecule has 0 unspecified atom stereocenters. The minimum atomic E-state index is -0.761. The van der Waals surface area contributed by atoms with Gasteiger partial charge in [0.05, 0.1) is 38.5 Å². The number of methoxy groups -OCH3 is 3. The molecule has 1 N–H and O–H groups in total. The number of anilines is 1. The van der Waals surface area contributed by atoms with Crippen LogP contribution in [0.25, 0.3) is 0 Å². The number of ether oxygens (including phenoxy) is 3. The number of hydrogen-bond donors (Lipinski definition) is 1. The number of nitro groups is 1. The molecule has 2 aromatic carbocycles. The number of amides is 2. The smallest absolute Gasteiger partial charge is 0.327 e. The Labute approximate surface area is 181 Å². The third-order valence-corrected chi connectivity index (χ3v) is 4.78. The van der Waals surface area contributed by atoms with Crippen LogP contribution in [0.15, 0.2) is 34.8 Å². The van der Waals surface area contributed by atoms with Crippen molar-refractivity contribution in [2.45, 2.75) is 0 Å². The summed E-state index contributed by atoms with van der Waals surface area (Å²) in [5, 5.41) is 14.3. The van der Waals surface area contributed by atoms with E-state index in [0.29, 0.717) is 10.2 Å². The van der Waals surface area contributed by atoms with Crippen LogP contribution in [0.2, 0.25) is 0 Å². The van der Waals surface area contributed by atoms with Gasteiger partial charge in [-0.25, -0.2) is 0 Å². The van der Waals surface area contributed by atoms with Gasteiger partial charge in [-0.3, -0.25) is 19.7 Å². The second kappa shape index (κ2) is 9.92. The summed E-state index contributed by atoms with van der Waals surface area (Å²) in [5.74, 6) is -1.43. The highest BCUT2D eigenvalue weighted by Gasteiger charge is 2.34. The Balaban J connectivity index is 2.35. The molecular formula is C19H20BrN3O7. The van der Waals surface area contributed by atoms with Gasteiger partial charge in [-0.05, 0) is 28.1 Å². The molecule has 30 heavy (non-hydrogen) atoms. The number of carbonyl (C=O) groups is 2. The van der Waals surface area contributed by atoms with Gasteiger partial charge in [-0.2, -0.15) is 0 Å². The van der Waals surface area contributed by atoms with E-state index in [1.54, 1.807) is 24.3 Å². The number of rotatable bonds is 8. The molecule has 0 aliphatic heterocycles. The molecule has 2 aromatic rings. The maximum atomic E-state index is 12.9. The standard InChI is InChI=1S/C19H20BrN3O7/c1-22(10-15(24)21-13-8-6-5-7-12(13)20)19(25)11-9-14(28-2)17(29-3)18(30-4)16(11)23(26)27/h5-9H,10H2,1-4H3,(H,21,24). The fourth-order valence-electron chi connectivity index (χ4n) is 2.73. The molecule has 160 valence electrons. The van der Waals surface area contributed by atoms with E-state index in [2.05, 4.69) is 21.2 Å². The number of halogens is 1. The average molecular weight is 482 g/mol. The van der Waals surface area contributed by atoms with Crippen LogP contribution in [0.3, 0.4) is 0 Å². The van der Waals surface area contributed by atoms with E-state index in [1.807, 2.05) is 0 Å². The van der Waals surface area contributed by atoms with E-state index < -0.39 is 22.4 Å². The van der Waals surface area contributed by atoms with Crippen LogP contribution in [0, 0.1) is 10.1 Å². The van der Waals surface area contributed by atoms with Gasteiger partial charge in [0.1, 0.15) is 5.56 Å². The van der Waals surface area contributed by atoms with Crippen molar-refractivity contribution in [3.63, 3.8) is 0 Å². The van der Waals surface area contributed by atoms with Gasteiger partial charge in [-0.15, -0.1) is 0 Å². The lowest BCUT2D eigenvalue weighted by molar-refractivity contribution is -0.386. The van der Waals surface area contributed by atoms with Crippen molar-refractivity contribution in [3.05, 3.63) is 50.5 Å². The minimum Gasteiger partial charge on any atom is -0.493 e. The summed E-state index contributed by atoms with van der Waals surface area (Å²) in [5.41, 5.74) is -0.356. The molecule has 0 bridgehead atoms. The molecule has 0 aliphatic carbocycles. The van der Waals surface area contributed by atoms with E-state index in [-0.39, 0.29) is 29.4 Å². The molecule has 0 heterocycles. The van der Waals surface area contributed by atoms with Crippen molar-refractivity contribution in [1.29, 1.82) is 0 Å². The number of para-hydroxylation sites is 1. The van der Waals surface area contributed by atoms with Crippen molar-refractivity contribution in [2.75, 3.05) is 40.2 Å². The maximum absolute atomic E-state index is 12.9. The van der Waals surface area contributed by atoms with E-state index in [1.165, 1.54) is 34.4 Å². The molecule has 2 amide bonds. The zero-order chi connectivity index (χ0) is 22.4. The summed E-state index contributed by atoms with van der Waals surface area (Å²) in [6.45, 7) is -0.339. The monoisotopic (exact) mass is 481 g/mol. The van der Waals surface area contributed by atoms with E-state index in [0.717, 1.165) is 4.90 Å². The lowest BCUT2D eigenvalue weighted by Gasteiger charge is -2.19. The highest BCUT2D eigenvalue weighted by atomic mass is 79.9. The summed E-state index contributed by atoms with van der Waals surface area (Å²) in [4.78, 5) is 37.3. The number of likely N-dealkylation sites (N-methyl/N-ethyl adjacent to an activating group) is 1. The number of hydrogen-bond acceptors (Lipinski definition) is 7. The average Bonchev–Trinajstić information content (AvgIpc) is 2.72. The second-order valence-electron chi connectivity index (χ2n) is 5.99. The van der Waals surface area contributed by atoms with Crippen molar-refractivity contribution in [1.82, 2.24) is 4.90 Å². The summed E-state index contributed by atoms with van der Waals surface area (Å²) >= 11 is 3.32. The predicted molar refractivity (Wildman–Crippen MR) is 112 cm³/mol. The molecule has 0 aliphatic rings. The van der Waals surface area contributed by atoms with Gasteiger partial charge >= 0.3 is 5.69 Å². The Morgan fingerprint density at radius 3 is 2.30 bits per heavy atom. The SMILES string of the molecule is COc1cc(C(=O)N(C)CC(=O)Nc2ccccc2Br)c([N+](=O)[O-])c(OC)c1OC. The third kappa shape index (κ3) is 4.79. The molecule has 0 radical (unpaired) electrons. The Bertz CT molecular complexity index is 981. The van der Waals surface area contributed by atoms with Gasteiger partial charge in [0.25, 0.3) is 5.91 Å². The van der Waals surface area contributed by atoms with Gasteiger partial charge < -0.3 is 24.4 Å². The van der Waals surface area contributed by atoms with Gasteiger partial charge in [0, 0.05) is 17.6 Å². The highest BCUT2D eigenvalue weighted by Crippen LogP contribution is 2.46. The van der Waals surface area contributed by atoms with Crippen LogP contribution in [0.4, 0.5) is 11.4 Å². The number of carbonyl (C=O) groups excluding carboxylic acids is 2. The summed E-state index contributed by atoms with van der Waals surface area (Å²) in [6, 6.07) is 8.16. The molecule has 0 spiro atoms. The first-order valence-electron chi connectivity index (χ1n) is 8.52. The van der Waals surface area contributed by atoms with Crippen molar-refractivity contribution < 1.29 is 28.7 Å². The maximum Gasteiger partial charge on any atom is 0.327 e. The van der Waals surface area contributed by atoms with Crippen LogP contribution < -0.4 is 19.5 Å². The number of nitrogens with zero attached hydrogens (tertiary/aromatic N) is 2. The van der Waals surface area contributed by atoms with Crippen LogP contribution in [0.1, 0.15) is 10.4 Å². The quantitative estimate of drug-likeness (QED) is 0.454. The first kappa shape index (κ1) is 22.9. The third-order valence-electron chi connectivity index (χ3n) is 4.09.